The van der Waals surface area contributed by atoms with E-state index >= 15 is 0 Å². The van der Waals surface area contributed by atoms with Gasteiger partial charge in [-0.1, -0.05) is 89.4 Å². The standard InChI is InChI=1S/C28H40O4S2/c1-4-6-8-10-12-14-16-31-25-22-18-21(20-29)33-27(22)26(23-19-24(30-3)34-28(23)25)32-17-15-13-11-9-7-5-2/h18-20H,4-17H2,1-3H3. The highest BCUT2D eigenvalue weighted by molar-refractivity contribution is 7.23. The minimum Gasteiger partial charge on any atom is -0.491 e. The van der Waals surface area contributed by atoms with Gasteiger partial charge in [0.1, 0.15) is 11.5 Å². The van der Waals surface area contributed by atoms with Crippen LogP contribution in [0.1, 0.15) is 101 Å². The van der Waals surface area contributed by atoms with Crippen LogP contribution < -0.4 is 14.2 Å². The third kappa shape index (κ3) is 7.11. The van der Waals surface area contributed by atoms with Crippen molar-refractivity contribution in [3.63, 3.8) is 0 Å². The minimum absolute atomic E-state index is 0.681. The van der Waals surface area contributed by atoms with E-state index in [0.29, 0.717) is 18.1 Å². The van der Waals surface area contributed by atoms with Gasteiger partial charge in [-0.2, -0.15) is 0 Å². The lowest BCUT2D eigenvalue weighted by Crippen LogP contribution is -2.00. The van der Waals surface area contributed by atoms with Crippen molar-refractivity contribution in [1.29, 1.82) is 0 Å². The van der Waals surface area contributed by atoms with Gasteiger partial charge in [-0.25, -0.2) is 0 Å². The van der Waals surface area contributed by atoms with Crippen LogP contribution in [-0.2, 0) is 0 Å². The lowest BCUT2D eigenvalue weighted by molar-refractivity contribution is 0.112. The molecule has 0 atom stereocenters. The van der Waals surface area contributed by atoms with Crippen molar-refractivity contribution in [1.82, 2.24) is 0 Å². The summed E-state index contributed by atoms with van der Waals surface area (Å²) in [6.45, 7) is 5.84. The van der Waals surface area contributed by atoms with Crippen LogP contribution in [0.25, 0.3) is 20.2 Å². The van der Waals surface area contributed by atoms with Gasteiger partial charge in [0, 0.05) is 16.8 Å². The second kappa shape index (κ2) is 14.6. The molecule has 0 amide bonds. The number of ether oxygens (including phenoxy) is 3. The summed E-state index contributed by atoms with van der Waals surface area (Å²) in [5, 5.41) is 2.85. The molecule has 34 heavy (non-hydrogen) atoms. The molecule has 0 bridgehead atoms. The molecule has 0 N–H and O–H groups in total. The highest BCUT2D eigenvalue weighted by Crippen LogP contribution is 2.51. The number of rotatable bonds is 18. The van der Waals surface area contributed by atoms with Gasteiger partial charge in [0.2, 0.25) is 0 Å². The zero-order chi connectivity index (χ0) is 24.2. The smallest absolute Gasteiger partial charge is 0.174 e. The molecule has 2 heterocycles. The molecule has 3 rings (SSSR count). The molecule has 188 valence electrons. The van der Waals surface area contributed by atoms with E-state index in [1.807, 2.05) is 12.1 Å². The molecular weight excluding hydrogens is 464 g/mol. The first-order valence-corrected chi connectivity index (χ1v) is 14.6. The van der Waals surface area contributed by atoms with Gasteiger partial charge in [-0.15, -0.1) is 11.3 Å². The van der Waals surface area contributed by atoms with Gasteiger partial charge in [-0.05, 0) is 18.9 Å². The number of benzene rings is 1. The molecule has 0 fully saturated rings. The summed E-state index contributed by atoms with van der Waals surface area (Å²) in [6, 6.07) is 4.00. The number of aldehydes is 1. The van der Waals surface area contributed by atoms with Gasteiger partial charge in [0.25, 0.3) is 0 Å². The molecule has 3 aromatic rings. The summed E-state index contributed by atoms with van der Waals surface area (Å²) in [5.74, 6) is 1.73. The second-order valence-corrected chi connectivity index (χ2v) is 11.0. The molecule has 0 aliphatic carbocycles. The quantitative estimate of drug-likeness (QED) is 0.128. The fraction of sp³-hybridized carbons (Fsp3) is 0.607. The molecule has 0 saturated carbocycles. The third-order valence-corrected chi connectivity index (χ3v) is 8.32. The number of thiophene rings is 2. The Morgan fingerprint density at radius 1 is 0.706 bits per heavy atom. The number of methoxy groups -OCH3 is 1. The highest BCUT2D eigenvalue weighted by atomic mass is 32.1. The summed E-state index contributed by atoms with van der Waals surface area (Å²) in [5.41, 5.74) is 0. The summed E-state index contributed by atoms with van der Waals surface area (Å²) in [7, 11) is 1.70. The van der Waals surface area contributed by atoms with E-state index in [1.54, 1.807) is 18.4 Å². The van der Waals surface area contributed by atoms with Gasteiger partial charge in [0.15, 0.2) is 11.3 Å². The Labute approximate surface area is 212 Å². The Kier molecular flexibility index (Phi) is 11.5. The number of hydrogen-bond donors (Lipinski definition) is 0. The van der Waals surface area contributed by atoms with Crippen LogP contribution in [0.5, 0.6) is 16.6 Å². The largest absolute Gasteiger partial charge is 0.491 e. The molecule has 0 saturated heterocycles. The average Bonchev–Trinajstić information content (AvgIpc) is 3.48. The van der Waals surface area contributed by atoms with Crippen LogP contribution in [0, 0.1) is 0 Å². The maximum absolute atomic E-state index is 11.6. The number of carbonyl (C=O) groups excluding carboxylic acids is 1. The highest BCUT2D eigenvalue weighted by Gasteiger charge is 2.22. The third-order valence-electron chi connectivity index (χ3n) is 6.17. The average molecular weight is 505 g/mol. The summed E-state index contributed by atoms with van der Waals surface area (Å²) in [6.07, 6.45) is 15.6. The Morgan fingerprint density at radius 3 is 1.74 bits per heavy atom. The van der Waals surface area contributed by atoms with E-state index in [2.05, 4.69) is 13.8 Å². The van der Waals surface area contributed by atoms with Crippen molar-refractivity contribution < 1.29 is 19.0 Å². The minimum atomic E-state index is 0.681. The van der Waals surface area contributed by atoms with Crippen LogP contribution in [0.4, 0.5) is 0 Å². The van der Waals surface area contributed by atoms with E-state index in [0.717, 1.165) is 55.9 Å². The first kappa shape index (κ1) is 26.8. The molecule has 6 heteroatoms. The fourth-order valence-corrected chi connectivity index (χ4v) is 6.22. The van der Waals surface area contributed by atoms with Gasteiger partial charge in [0.05, 0.1) is 34.6 Å². The molecule has 0 unspecified atom stereocenters. The Morgan fingerprint density at radius 2 is 1.21 bits per heavy atom. The number of fused-ring (bicyclic) bond motifs is 2. The Hall–Kier alpha value is -1.79. The zero-order valence-corrected chi connectivity index (χ0v) is 22.7. The predicted octanol–water partition coefficient (Wildman–Crippen LogP) is 9.42. The van der Waals surface area contributed by atoms with Crippen LogP contribution >= 0.6 is 22.7 Å². The SMILES string of the molecule is CCCCCCCCOc1c2cc(OC)sc2c(OCCCCCCCC)c2cc(C=O)sc12. The maximum atomic E-state index is 11.6. The van der Waals surface area contributed by atoms with Crippen LogP contribution in [0.2, 0.25) is 0 Å². The molecular formula is C28H40O4S2. The second-order valence-electron chi connectivity index (χ2n) is 8.91. The van der Waals surface area contributed by atoms with Crippen molar-refractivity contribution in [2.75, 3.05) is 20.3 Å². The molecule has 0 aliphatic rings. The van der Waals surface area contributed by atoms with Gasteiger partial charge >= 0.3 is 0 Å². The summed E-state index contributed by atoms with van der Waals surface area (Å²) in [4.78, 5) is 12.3. The molecule has 0 aliphatic heterocycles. The monoisotopic (exact) mass is 504 g/mol. The topological polar surface area (TPSA) is 44.8 Å². The van der Waals surface area contributed by atoms with Crippen LogP contribution in [0.15, 0.2) is 12.1 Å². The molecule has 0 radical (unpaired) electrons. The summed E-state index contributed by atoms with van der Waals surface area (Å²) < 4.78 is 20.4. The first-order chi connectivity index (χ1) is 16.7. The normalized spacial score (nSPS) is 11.4. The lowest BCUT2D eigenvalue weighted by atomic mass is 10.1. The number of unbranched alkanes of at least 4 members (excludes halogenated alkanes) is 10. The molecule has 0 spiro atoms. The van der Waals surface area contributed by atoms with Crippen molar-refractivity contribution in [3.05, 3.63) is 17.0 Å². The molecule has 1 aromatic carbocycles. The first-order valence-electron chi connectivity index (χ1n) is 13.0. The lowest BCUT2D eigenvalue weighted by Gasteiger charge is -2.13. The van der Waals surface area contributed by atoms with E-state index in [1.165, 1.54) is 75.5 Å². The van der Waals surface area contributed by atoms with Crippen molar-refractivity contribution >= 4 is 49.1 Å². The van der Waals surface area contributed by atoms with Crippen LogP contribution in [0.3, 0.4) is 0 Å². The number of hydrogen-bond acceptors (Lipinski definition) is 6. The van der Waals surface area contributed by atoms with Crippen LogP contribution in [-0.4, -0.2) is 26.6 Å². The van der Waals surface area contributed by atoms with E-state index in [4.69, 9.17) is 14.2 Å². The van der Waals surface area contributed by atoms with Crippen molar-refractivity contribution in [2.24, 2.45) is 0 Å². The predicted molar refractivity (Wildman–Crippen MR) is 147 cm³/mol. The Bertz CT molecular complexity index is 948. The number of carbonyl (C=O) groups is 1. The Balaban J connectivity index is 1.80. The fourth-order valence-electron chi connectivity index (χ4n) is 4.26. The molecule has 4 nitrogen and oxygen atoms in total. The van der Waals surface area contributed by atoms with Crippen molar-refractivity contribution in [3.8, 4) is 16.6 Å². The van der Waals surface area contributed by atoms with Gasteiger partial charge in [-0.3, -0.25) is 4.79 Å². The van der Waals surface area contributed by atoms with Gasteiger partial charge < -0.3 is 14.2 Å². The van der Waals surface area contributed by atoms with E-state index < -0.39 is 0 Å². The maximum Gasteiger partial charge on any atom is 0.174 e. The zero-order valence-electron chi connectivity index (χ0n) is 21.1. The van der Waals surface area contributed by atoms with Crippen molar-refractivity contribution in [2.45, 2.75) is 90.9 Å². The van der Waals surface area contributed by atoms with E-state index in [9.17, 15) is 4.79 Å². The van der Waals surface area contributed by atoms with E-state index in [-0.39, 0.29) is 0 Å². The molecule has 2 aromatic heterocycles. The summed E-state index contributed by atoms with van der Waals surface area (Å²) >= 11 is 3.07.